The van der Waals surface area contributed by atoms with Crippen molar-refractivity contribution in [3.63, 3.8) is 0 Å². The van der Waals surface area contributed by atoms with Crippen molar-refractivity contribution < 1.29 is 17.9 Å². The molecule has 134 valence electrons. The fourth-order valence-electron chi connectivity index (χ4n) is 2.50. The molecule has 24 heavy (non-hydrogen) atoms. The number of rotatable bonds is 5. The lowest BCUT2D eigenvalue weighted by atomic mass is 9.96. The van der Waals surface area contributed by atoms with Gasteiger partial charge >= 0.3 is 6.18 Å². The minimum Gasteiger partial charge on any atom is -0.475 e. The molecule has 2 rings (SSSR count). The molecule has 1 aliphatic carbocycles. The van der Waals surface area contributed by atoms with Crippen LogP contribution in [0.2, 0.25) is 5.02 Å². The first-order valence-electron chi connectivity index (χ1n) is 7.78. The number of nitrogens with one attached hydrogen (secondary N) is 1. The molecule has 0 radical (unpaired) electrons. The summed E-state index contributed by atoms with van der Waals surface area (Å²) in [5.41, 5.74) is 4.88. The molecule has 0 bridgehead atoms. The number of aliphatic imine (C=N–C) groups is 1. The van der Waals surface area contributed by atoms with Gasteiger partial charge in [-0.1, -0.05) is 30.9 Å². The van der Waals surface area contributed by atoms with E-state index in [1.807, 2.05) is 0 Å². The van der Waals surface area contributed by atoms with E-state index in [-0.39, 0.29) is 24.1 Å². The van der Waals surface area contributed by atoms with E-state index < -0.39 is 11.7 Å². The number of aromatic nitrogens is 1. The van der Waals surface area contributed by atoms with Crippen LogP contribution in [0.15, 0.2) is 17.3 Å². The zero-order chi connectivity index (χ0) is 17.6. The van der Waals surface area contributed by atoms with Crippen molar-refractivity contribution in [1.29, 1.82) is 0 Å². The summed E-state index contributed by atoms with van der Waals surface area (Å²) in [6.07, 6.45) is 1.99. The summed E-state index contributed by atoms with van der Waals surface area (Å²) in [6.45, 7) is 0.371. The van der Waals surface area contributed by atoms with Gasteiger partial charge in [0.1, 0.15) is 11.6 Å². The van der Waals surface area contributed by atoms with Crippen LogP contribution in [-0.2, 0) is 6.18 Å². The molecule has 9 heteroatoms. The van der Waals surface area contributed by atoms with Crippen LogP contribution in [0.1, 0.15) is 37.7 Å². The minimum absolute atomic E-state index is 0.0568. The molecule has 1 heterocycles. The van der Waals surface area contributed by atoms with Crippen LogP contribution in [-0.4, -0.2) is 30.1 Å². The number of pyridine rings is 1. The fourth-order valence-corrected chi connectivity index (χ4v) is 2.72. The predicted molar refractivity (Wildman–Crippen MR) is 86.2 cm³/mol. The molecule has 1 fully saturated rings. The first-order valence-corrected chi connectivity index (χ1v) is 8.16. The van der Waals surface area contributed by atoms with E-state index in [0.717, 1.165) is 18.9 Å². The molecule has 0 unspecified atom stereocenters. The summed E-state index contributed by atoms with van der Waals surface area (Å²) in [5, 5.41) is 2.97. The Bertz CT molecular complexity index is 574. The van der Waals surface area contributed by atoms with E-state index >= 15 is 0 Å². The highest BCUT2D eigenvalue weighted by Gasteiger charge is 2.31. The van der Waals surface area contributed by atoms with E-state index in [4.69, 9.17) is 22.1 Å². The zero-order valence-corrected chi connectivity index (χ0v) is 13.8. The molecule has 0 aromatic carbocycles. The van der Waals surface area contributed by atoms with Crippen LogP contribution in [0.4, 0.5) is 13.2 Å². The summed E-state index contributed by atoms with van der Waals surface area (Å²) in [6, 6.07) is 1.14. The molecule has 1 aliphatic rings. The molecule has 0 atom stereocenters. The zero-order valence-electron chi connectivity index (χ0n) is 13.1. The van der Waals surface area contributed by atoms with Crippen molar-refractivity contribution in [2.45, 2.75) is 44.3 Å². The number of nitrogens with two attached hydrogens (primary N) is 1. The average molecular weight is 365 g/mol. The number of nitrogens with zero attached hydrogens (tertiary/aromatic N) is 2. The quantitative estimate of drug-likeness (QED) is 0.477. The summed E-state index contributed by atoms with van der Waals surface area (Å²) in [7, 11) is 0. The summed E-state index contributed by atoms with van der Waals surface area (Å²) in [4.78, 5) is 7.71. The molecule has 1 aromatic heterocycles. The summed E-state index contributed by atoms with van der Waals surface area (Å²) >= 11 is 5.75. The Morgan fingerprint density at radius 1 is 1.38 bits per heavy atom. The van der Waals surface area contributed by atoms with Gasteiger partial charge in [0.15, 0.2) is 5.96 Å². The molecule has 3 N–H and O–H groups in total. The standard InChI is InChI=1S/C15H20ClF3N4O/c16-12-8-10(15(17,18)19)9-22-13(12)24-7-6-21-14(20)23-11-4-2-1-3-5-11/h8-9,11H,1-7H2,(H3,20,21,23). The van der Waals surface area contributed by atoms with Gasteiger partial charge in [0, 0.05) is 12.2 Å². The SMILES string of the molecule is NC(=NCCOc1ncc(C(F)(F)F)cc1Cl)NC1CCCCC1. The Hall–Kier alpha value is -1.70. The maximum absolute atomic E-state index is 12.5. The Morgan fingerprint density at radius 2 is 2.08 bits per heavy atom. The molecule has 1 saturated carbocycles. The molecule has 0 spiro atoms. The van der Waals surface area contributed by atoms with Gasteiger partial charge in [0.2, 0.25) is 5.88 Å². The Kier molecular flexibility index (Phi) is 6.53. The number of ether oxygens (including phenoxy) is 1. The van der Waals surface area contributed by atoms with E-state index in [1.54, 1.807) is 0 Å². The van der Waals surface area contributed by atoms with Gasteiger partial charge in [0.05, 0.1) is 12.1 Å². The van der Waals surface area contributed by atoms with Crippen molar-refractivity contribution in [2.24, 2.45) is 10.7 Å². The average Bonchev–Trinajstić information content (AvgIpc) is 2.52. The van der Waals surface area contributed by atoms with Gasteiger partial charge in [-0.25, -0.2) is 9.98 Å². The van der Waals surface area contributed by atoms with Gasteiger partial charge in [-0.05, 0) is 18.9 Å². The van der Waals surface area contributed by atoms with Crippen LogP contribution in [0.3, 0.4) is 0 Å². The van der Waals surface area contributed by atoms with Crippen molar-refractivity contribution in [2.75, 3.05) is 13.2 Å². The predicted octanol–water partition coefficient (Wildman–Crippen LogP) is 3.37. The van der Waals surface area contributed by atoms with Crippen LogP contribution in [0.5, 0.6) is 5.88 Å². The normalized spacial score (nSPS) is 16.9. The van der Waals surface area contributed by atoms with Crippen LogP contribution < -0.4 is 15.8 Å². The number of hydrogen-bond acceptors (Lipinski definition) is 3. The number of guanidine groups is 1. The van der Waals surface area contributed by atoms with Crippen molar-refractivity contribution in [1.82, 2.24) is 10.3 Å². The lowest BCUT2D eigenvalue weighted by Gasteiger charge is -2.23. The topological polar surface area (TPSA) is 72.5 Å². The van der Waals surface area contributed by atoms with Crippen molar-refractivity contribution >= 4 is 17.6 Å². The lowest BCUT2D eigenvalue weighted by molar-refractivity contribution is -0.137. The van der Waals surface area contributed by atoms with Crippen molar-refractivity contribution in [3.8, 4) is 5.88 Å². The van der Waals surface area contributed by atoms with Gasteiger partial charge in [-0.2, -0.15) is 13.2 Å². The molecule has 0 aliphatic heterocycles. The highest BCUT2D eigenvalue weighted by atomic mass is 35.5. The smallest absolute Gasteiger partial charge is 0.417 e. The monoisotopic (exact) mass is 364 g/mol. The fraction of sp³-hybridized carbons (Fsp3) is 0.600. The third kappa shape index (κ3) is 5.74. The highest BCUT2D eigenvalue weighted by molar-refractivity contribution is 6.31. The lowest BCUT2D eigenvalue weighted by Crippen LogP contribution is -2.41. The first-order chi connectivity index (χ1) is 11.4. The van der Waals surface area contributed by atoms with Crippen LogP contribution in [0, 0.1) is 0 Å². The second kappa shape index (κ2) is 8.41. The molecule has 0 amide bonds. The molecule has 1 aromatic rings. The molecular formula is C15H20ClF3N4O. The van der Waals surface area contributed by atoms with Gasteiger partial charge < -0.3 is 15.8 Å². The summed E-state index contributed by atoms with van der Waals surface area (Å²) in [5.74, 6) is 0.288. The van der Waals surface area contributed by atoms with Gasteiger partial charge in [-0.3, -0.25) is 0 Å². The Labute approximate surface area is 143 Å². The number of hydrogen-bond donors (Lipinski definition) is 2. The van der Waals surface area contributed by atoms with Crippen molar-refractivity contribution in [3.05, 3.63) is 22.8 Å². The van der Waals surface area contributed by atoms with E-state index in [2.05, 4.69) is 15.3 Å². The first kappa shape index (κ1) is 18.6. The largest absolute Gasteiger partial charge is 0.475 e. The molecular weight excluding hydrogens is 345 g/mol. The summed E-state index contributed by atoms with van der Waals surface area (Å²) < 4.78 is 42.8. The highest BCUT2D eigenvalue weighted by Crippen LogP contribution is 2.33. The molecule has 0 saturated heterocycles. The maximum atomic E-state index is 12.5. The maximum Gasteiger partial charge on any atom is 0.417 e. The number of alkyl halides is 3. The van der Waals surface area contributed by atoms with E-state index in [1.165, 1.54) is 19.3 Å². The second-order valence-electron chi connectivity index (χ2n) is 5.60. The Balaban J connectivity index is 1.78. The second-order valence-corrected chi connectivity index (χ2v) is 6.01. The number of halogens is 4. The van der Waals surface area contributed by atoms with Gasteiger partial charge in [0.25, 0.3) is 0 Å². The third-order valence-corrected chi connectivity index (χ3v) is 3.97. The van der Waals surface area contributed by atoms with E-state index in [0.29, 0.717) is 18.2 Å². The minimum atomic E-state index is -4.49. The Morgan fingerprint density at radius 3 is 2.71 bits per heavy atom. The third-order valence-electron chi connectivity index (χ3n) is 3.70. The molecule has 5 nitrogen and oxygen atoms in total. The van der Waals surface area contributed by atoms with E-state index in [9.17, 15) is 13.2 Å². The van der Waals surface area contributed by atoms with Gasteiger partial charge in [-0.15, -0.1) is 0 Å². The van der Waals surface area contributed by atoms with Crippen LogP contribution >= 0.6 is 11.6 Å². The van der Waals surface area contributed by atoms with Crippen LogP contribution in [0.25, 0.3) is 0 Å².